The van der Waals surface area contributed by atoms with Crippen LogP contribution in [0.4, 0.5) is 0 Å². The Morgan fingerprint density at radius 3 is 1.75 bits per heavy atom. The molecule has 2 heterocycles. The molecule has 0 atom stereocenters. The Hall–Kier alpha value is -1.84. The average molecular weight is 216 g/mol. The Morgan fingerprint density at radius 1 is 0.875 bits per heavy atom. The number of nitrogens with zero attached hydrogens (tertiary/aromatic N) is 2. The van der Waals surface area contributed by atoms with Gasteiger partial charge in [0.2, 0.25) is 0 Å². The molecule has 1 aliphatic rings. The number of aryl methyl sites for hydroxylation is 2. The molecule has 0 amide bonds. The van der Waals surface area contributed by atoms with Crippen LogP contribution in [0.15, 0.2) is 12.1 Å². The van der Waals surface area contributed by atoms with E-state index >= 15 is 0 Å². The summed E-state index contributed by atoms with van der Waals surface area (Å²) in [6.45, 7) is 5.10. The van der Waals surface area contributed by atoms with Gasteiger partial charge in [0.15, 0.2) is 11.5 Å². The van der Waals surface area contributed by atoms with Crippen LogP contribution in [0.1, 0.15) is 11.4 Å². The minimum absolute atomic E-state index is 0.594. The van der Waals surface area contributed by atoms with Crippen molar-refractivity contribution in [2.45, 2.75) is 13.8 Å². The van der Waals surface area contributed by atoms with Crippen LogP contribution in [0, 0.1) is 13.8 Å². The van der Waals surface area contributed by atoms with Gasteiger partial charge in [0.25, 0.3) is 0 Å². The quantitative estimate of drug-likeness (QED) is 0.675. The fourth-order valence-electron chi connectivity index (χ4n) is 1.77. The first-order valence-corrected chi connectivity index (χ1v) is 5.28. The molecule has 1 aromatic heterocycles. The van der Waals surface area contributed by atoms with Crippen molar-refractivity contribution in [2.75, 3.05) is 13.2 Å². The molecular weight excluding hydrogens is 204 g/mol. The van der Waals surface area contributed by atoms with E-state index in [-0.39, 0.29) is 0 Å². The van der Waals surface area contributed by atoms with E-state index < -0.39 is 0 Å². The molecule has 4 heteroatoms. The molecule has 0 aliphatic carbocycles. The van der Waals surface area contributed by atoms with Gasteiger partial charge >= 0.3 is 0 Å². The largest absolute Gasteiger partial charge is 0.486 e. The maximum absolute atomic E-state index is 5.51. The molecule has 0 saturated heterocycles. The minimum atomic E-state index is 0.594. The van der Waals surface area contributed by atoms with Crippen LogP contribution < -0.4 is 9.47 Å². The number of ether oxygens (including phenoxy) is 2. The Morgan fingerprint density at radius 2 is 1.31 bits per heavy atom. The standard InChI is InChI=1S/C12H12N2O2/c1-7-8(2)14-10-6-12-11(5-9(10)13-7)15-3-4-16-12/h5-6H,3-4H2,1-2H3. The summed E-state index contributed by atoms with van der Waals surface area (Å²) in [5.74, 6) is 1.52. The summed E-state index contributed by atoms with van der Waals surface area (Å²) in [6.07, 6.45) is 0. The molecule has 0 radical (unpaired) electrons. The molecule has 82 valence electrons. The second-order valence-electron chi connectivity index (χ2n) is 3.88. The van der Waals surface area contributed by atoms with E-state index in [0.29, 0.717) is 13.2 Å². The van der Waals surface area contributed by atoms with E-state index in [9.17, 15) is 0 Å². The van der Waals surface area contributed by atoms with E-state index in [1.54, 1.807) is 0 Å². The second-order valence-corrected chi connectivity index (χ2v) is 3.88. The predicted molar refractivity (Wildman–Crippen MR) is 60.0 cm³/mol. The van der Waals surface area contributed by atoms with Gasteiger partial charge in [-0.15, -0.1) is 0 Å². The Bertz CT molecular complexity index is 516. The van der Waals surface area contributed by atoms with Crippen LogP contribution in [0.25, 0.3) is 11.0 Å². The summed E-state index contributed by atoms with van der Waals surface area (Å²) in [5, 5.41) is 0. The number of aromatic nitrogens is 2. The average Bonchev–Trinajstić information content (AvgIpc) is 2.28. The third-order valence-electron chi connectivity index (χ3n) is 2.74. The highest BCUT2D eigenvalue weighted by Gasteiger charge is 2.14. The lowest BCUT2D eigenvalue weighted by Crippen LogP contribution is -2.15. The van der Waals surface area contributed by atoms with Crippen molar-refractivity contribution in [1.29, 1.82) is 0 Å². The van der Waals surface area contributed by atoms with Crippen molar-refractivity contribution in [3.8, 4) is 11.5 Å². The van der Waals surface area contributed by atoms with E-state index in [1.807, 2.05) is 26.0 Å². The summed E-state index contributed by atoms with van der Waals surface area (Å²) in [6, 6.07) is 3.78. The molecule has 0 saturated carbocycles. The van der Waals surface area contributed by atoms with Gasteiger partial charge in [-0.25, -0.2) is 9.97 Å². The molecule has 0 fully saturated rings. The van der Waals surface area contributed by atoms with Crippen molar-refractivity contribution in [2.24, 2.45) is 0 Å². The second kappa shape index (κ2) is 3.33. The van der Waals surface area contributed by atoms with Crippen molar-refractivity contribution < 1.29 is 9.47 Å². The zero-order chi connectivity index (χ0) is 11.1. The number of fused-ring (bicyclic) bond motifs is 2. The minimum Gasteiger partial charge on any atom is -0.486 e. The first-order chi connectivity index (χ1) is 7.74. The molecule has 1 aliphatic heterocycles. The predicted octanol–water partition coefficient (Wildman–Crippen LogP) is 2.02. The molecule has 0 unspecified atom stereocenters. The molecule has 0 bridgehead atoms. The first-order valence-electron chi connectivity index (χ1n) is 5.28. The van der Waals surface area contributed by atoms with Crippen LogP contribution in [0.5, 0.6) is 11.5 Å². The lowest BCUT2D eigenvalue weighted by molar-refractivity contribution is 0.172. The van der Waals surface area contributed by atoms with Crippen LogP contribution in [-0.2, 0) is 0 Å². The highest BCUT2D eigenvalue weighted by atomic mass is 16.6. The van der Waals surface area contributed by atoms with E-state index in [4.69, 9.17) is 9.47 Å². The summed E-state index contributed by atoms with van der Waals surface area (Å²) in [5.41, 5.74) is 3.60. The maximum atomic E-state index is 5.51. The highest BCUT2D eigenvalue weighted by Crippen LogP contribution is 2.33. The zero-order valence-electron chi connectivity index (χ0n) is 9.28. The molecule has 0 spiro atoms. The van der Waals surface area contributed by atoms with Crippen molar-refractivity contribution in [3.63, 3.8) is 0 Å². The Labute approximate surface area is 93.2 Å². The Balaban J connectivity index is 2.27. The molecule has 16 heavy (non-hydrogen) atoms. The number of rotatable bonds is 0. The first kappa shape index (κ1) is 9.39. The molecule has 2 aromatic rings. The van der Waals surface area contributed by atoms with Gasteiger partial charge in [0.1, 0.15) is 13.2 Å². The van der Waals surface area contributed by atoms with E-state index in [2.05, 4.69) is 9.97 Å². The van der Waals surface area contributed by atoms with Crippen molar-refractivity contribution in [3.05, 3.63) is 23.5 Å². The fourth-order valence-corrected chi connectivity index (χ4v) is 1.77. The van der Waals surface area contributed by atoms with Gasteiger partial charge in [-0.2, -0.15) is 0 Å². The normalized spacial score (nSPS) is 14.1. The molecular formula is C12H12N2O2. The van der Waals surface area contributed by atoms with E-state index in [0.717, 1.165) is 33.9 Å². The van der Waals surface area contributed by atoms with Crippen LogP contribution in [-0.4, -0.2) is 23.2 Å². The van der Waals surface area contributed by atoms with Crippen LogP contribution in [0.3, 0.4) is 0 Å². The SMILES string of the molecule is Cc1nc2cc3c(cc2nc1C)OCCO3. The molecule has 3 rings (SSSR count). The topological polar surface area (TPSA) is 44.2 Å². The van der Waals surface area contributed by atoms with Gasteiger partial charge in [-0.05, 0) is 13.8 Å². The number of hydrogen-bond donors (Lipinski definition) is 0. The maximum Gasteiger partial charge on any atom is 0.163 e. The summed E-state index contributed by atoms with van der Waals surface area (Å²) in [4.78, 5) is 8.97. The van der Waals surface area contributed by atoms with Gasteiger partial charge < -0.3 is 9.47 Å². The molecule has 0 N–H and O–H groups in total. The molecule has 4 nitrogen and oxygen atoms in total. The summed E-state index contributed by atoms with van der Waals surface area (Å²) >= 11 is 0. The third kappa shape index (κ3) is 1.38. The lowest BCUT2D eigenvalue weighted by atomic mass is 10.2. The summed E-state index contributed by atoms with van der Waals surface area (Å²) < 4.78 is 11.0. The van der Waals surface area contributed by atoms with Crippen molar-refractivity contribution in [1.82, 2.24) is 9.97 Å². The fraction of sp³-hybridized carbons (Fsp3) is 0.333. The Kier molecular flexibility index (Phi) is 1.96. The van der Waals surface area contributed by atoms with Crippen LogP contribution in [0.2, 0.25) is 0 Å². The van der Waals surface area contributed by atoms with Gasteiger partial charge in [0.05, 0.1) is 22.4 Å². The number of benzene rings is 1. The highest BCUT2D eigenvalue weighted by molar-refractivity contribution is 5.79. The van der Waals surface area contributed by atoms with Gasteiger partial charge in [0, 0.05) is 12.1 Å². The lowest BCUT2D eigenvalue weighted by Gasteiger charge is -2.18. The van der Waals surface area contributed by atoms with E-state index in [1.165, 1.54) is 0 Å². The monoisotopic (exact) mass is 216 g/mol. The third-order valence-corrected chi connectivity index (χ3v) is 2.74. The zero-order valence-corrected chi connectivity index (χ0v) is 9.28. The number of hydrogen-bond acceptors (Lipinski definition) is 4. The molecule has 1 aromatic carbocycles. The van der Waals surface area contributed by atoms with Gasteiger partial charge in [-0.1, -0.05) is 0 Å². The van der Waals surface area contributed by atoms with Crippen LogP contribution >= 0.6 is 0 Å². The van der Waals surface area contributed by atoms with Crippen molar-refractivity contribution >= 4 is 11.0 Å². The smallest absolute Gasteiger partial charge is 0.163 e. The van der Waals surface area contributed by atoms with Gasteiger partial charge in [-0.3, -0.25) is 0 Å². The summed E-state index contributed by atoms with van der Waals surface area (Å²) in [7, 11) is 0.